The lowest BCUT2D eigenvalue weighted by atomic mass is 9.88. The zero-order valence-corrected chi connectivity index (χ0v) is 14.8. The van der Waals surface area contributed by atoms with Crippen molar-refractivity contribution in [3.8, 4) is 0 Å². The summed E-state index contributed by atoms with van der Waals surface area (Å²) < 4.78 is 1.93. The molecule has 0 saturated heterocycles. The van der Waals surface area contributed by atoms with Gasteiger partial charge in [0.25, 0.3) is 5.91 Å². The van der Waals surface area contributed by atoms with E-state index in [1.54, 1.807) is 6.92 Å². The topological polar surface area (TPSA) is 67.2 Å². The molecule has 0 aliphatic rings. The van der Waals surface area contributed by atoms with Crippen molar-refractivity contribution in [1.82, 2.24) is 15.1 Å². The summed E-state index contributed by atoms with van der Waals surface area (Å²) in [4.78, 5) is 12.3. The van der Waals surface area contributed by atoms with Gasteiger partial charge in [0.1, 0.15) is 5.69 Å². The first-order valence-corrected chi connectivity index (χ1v) is 8.33. The standard InChI is InChI=1S/C17H31N3O2/c1-7-12(4)17(6,22)11-18-16(21)15-10-13(5)20(19-15)14(8-2)9-3/h10,12,14,22H,7-9,11H2,1-6H3,(H,18,21). The summed E-state index contributed by atoms with van der Waals surface area (Å²) in [5, 5.41) is 17.6. The minimum Gasteiger partial charge on any atom is -0.388 e. The van der Waals surface area contributed by atoms with E-state index in [0.717, 1.165) is 25.0 Å². The average molecular weight is 309 g/mol. The van der Waals surface area contributed by atoms with Gasteiger partial charge < -0.3 is 10.4 Å². The van der Waals surface area contributed by atoms with Gasteiger partial charge in [0.05, 0.1) is 11.6 Å². The van der Waals surface area contributed by atoms with Gasteiger partial charge in [-0.2, -0.15) is 5.10 Å². The van der Waals surface area contributed by atoms with E-state index in [1.165, 1.54) is 0 Å². The Morgan fingerprint density at radius 3 is 2.45 bits per heavy atom. The third-order valence-electron chi connectivity index (χ3n) is 4.72. The molecule has 22 heavy (non-hydrogen) atoms. The Morgan fingerprint density at radius 1 is 1.36 bits per heavy atom. The normalized spacial score (nSPS) is 15.6. The molecule has 2 unspecified atom stereocenters. The van der Waals surface area contributed by atoms with Crippen LogP contribution in [-0.2, 0) is 0 Å². The number of hydrogen-bond acceptors (Lipinski definition) is 3. The lowest BCUT2D eigenvalue weighted by Gasteiger charge is -2.29. The summed E-state index contributed by atoms with van der Waals surface area (Å²) in [5.41, 5.74) is 0.508. The lowest BCUT2D eigenvalue weighted by molar-refractivity contribution is 0.00587. The highest BCUT2D eigenvalue weighted by Crippen LogP contribution is 2.20. The van der Waals surface area contributed by atoms with Gasteiger partial charge >= 0.3 is 0 Å². The lowest BCUT2D eigenvalue weighted by Crippen LogP contribution is -2.45. The summed E-state index contributed by atoms with van der Waals surface area (Å²) in [6, 6.07) is 2.13. The van der Waals surface area contributed by atoms with Gasteiger partial charge in [0.15, 0.2) is 0 Å². The second-order valence-electron chi connectivity index (χ2n) is 6.43. The number of rotatable bonds is 8. The molecule has 1 rings (SSSR count). The first kappa shape index (κ1) is 18.7. The summed E-state index contributed by atoms with van der Waals surface area (Å²) in [6.07, 6.45) is 2.84. The predicted molar refractivity (Wildman–Crippen MR) is 89.0 cm³/mol. The molecule has 2 N–H and O–H groups in total. The van der Waals surface area contributed by atoms with E-state index in [1.807, 2.05) is 31.5 Å². The third kappa shape index (κ3) is 4.32. The molecule has 0 aliphatic carbocycles. The molecule has 0 aliphatic heterocycles. The van der Waals surface area contributed by atoms with Gasteiger partial charge in [-0.25, -0.2) is 0 Å². The fourth-order valence-electron chi connectivity index (χ4n) is 2.57. The molecule has 0 fully saturated rings. The van der Waals surface area contributed by atoms with Crippen molar-refractivity contribution in [3.63, 3.8) is 0 Å². The van der Waals surface area contributed by atoms with Crippen LogP contribution in [0, 0.1) is 12.8 Å². The molecule has 0 saturated carbocycles. The summed E-state index contributed by atoms with van der Waals surface area (Å²) in [6.45, 7) is 12.2. The maximum Gasteiger partial charge on any atom is 0.271 e. The van der Waals surface area contributed by atoms with Crippen molar-refractivity contribution in [2.24, 2.45) is 5.92 Å². The number of amides is 1. The van der Waals surface area contributed by atoms with E-state index >= 15 is 0 Å². The number of aromatic nitrogens is 2. The Balaban J connectivity index is 2.77. The summed E-state index contributed by atoms with van der Waals surface area (Å²) in [7, 11) is 0. The first-order chi connectivity index (χ1) is 10.3. The number of carbonyl (C=O) groups excluding carboxylic acids is 1. The predicted octanol–water partition coefficient (Wildman–Crippen LogP) is 3.08. The van der Waals surface area contributed by atoms with E-state index in [4.69, 9.17) is 0 Å². The van der Waals surface area contributed by atoms with Crippen molar-refractivity contribution in [1.29, 1.82) is 0 Å². The Labute approximate surface area is 134 Å². The molecule has 0 spiro atoms. The second-order valence-corrected chi connectivity index (χ2v) is 6.43. The molecule has 1 aromatic heterocycles. The highest BCUT2D eigenvalue weighted by Gasteiger charge is 2.28. The maximum absolute atomic E-state index is 12.3. The van der Waals surface area contributed by atoms with Gasteiger partial charge in [-0.3, -0.25) is 9.48 Å². The van der Waals surface area contributed by atoms with Crippen molar-refractivity contribution in [2.45, 2.75) is 72.4 Å². The van der Waals surface area contributed by atoms with Crippen LogP contribution in [0.1, 0.15) is 76.1 Å². The van der Waals surface area contributed by atoms with E-state index in [2.05, 4.69) is 24.3 Å². The van der Waals surface area contributed by atoms with Crippen LogP contribution in [0.3, 0.4) is 0 Å². The van der Waals surface area contributed by atoms with Crippen molar-refractivity contribution in [3.05, 3.63) is 17.5 Å². The fraction of sp³-hybridized carbons (Fsp3) is 0.765. The van der Waals surface area contributed by atoms with Crippen LogP contribution in [0.25, 0.3) is 0 Å². The molecule has 0 aromatic carbocycles. The zero-order chi connectivity index (χ0) is 16.9. The highest BCUT2D eigenvalue weighted by molar-refractivity contribution is 5.92. The van der Waals surface area contributed by atoms with E-state index in [9.17, 15) is 9.90 Å². The minimum atomic E-state index is -0.905. The van der Waals surface area contributed by atoms with Gasteiger partial charge in [-0.15, -0.1) is 0 Å². The molecule has 1 aromatic rings. The van der Waals surface area contributed by atoms with Crippen LogP contribution in [-0.4, -0.2) is 32.9 Å². The minimum absolute atomic E-state index is 0.122. The highest BCUT2D eigenvalue weighted by atomic mass is 16.3. The number of carbonyl (C=O) groups is 1. The Kier molecular flexibility index (Phi) is 6.60. The molecule has 0 radical (unpaired) electrons. The molecule has 2 atom stereocenters. The SMILES string of the molecule is CCC(CC)n1nc(C(=O)NCC(C)(O)C(C)CC)cc1C. The number of hydrogen-bond donors (Lipinski definition) is 2. The van der Waals surface area contributed by atoms with Crippen LogP contribution in [0.4, 0.5) is 0 Å². The van der Waals surface area contributed by atoms with E-state index in [0.29, 0.717) is 11.7 Å². The second kappa shape index (κ2) is 7.77. The number of aryl methyl sites for hydroxylation is 1. The zero-order valence-electron chi connectivity index (χ0n) is 14.8. The molecule has 0 bridgehead atoms. The molecular weight excluding hydrogens is 278 g/mol. The van der Waals surface area contributed by atoms with Crippen molar-refractivity contribution < 1.29 is 9.90 Å². The molecule has 126 valence electrons. The quantitative estimate of drug-likeness (QED) is 0.775. The Hall–Kier alpha value is -1.36. The van der Waals surface area contributed by atoms with Gasteiger partial charge in [-0.1, -0.05) is 34.1 Å². The van der Waals surface area contributed by atoms with Gasteiger partial charge in [0.2, 0.25) is 0 Å². The maximum atomic E-state index is 12.3. The van der Waals surface area contributed by atoms with E-state index < -0.39 is 5.60 Å². The van der Waals surface area contributed by atoms with Crippen LogP contribution in [0.5, 0.6) is 0 Å². The van der Waals surface area contributed by atoms with Crippen LogP contribution in [0.2, 0.25) is 0 Å². The largest absolute Gasteiger partial charge is 0.388 e. The molecule has 5 nitrogen and oxygen atoms in total. The third-order valence-corrected chi connectivity index (χ3v) is 4.72. The Morgan fingerprint density at radius 2 is 1.95 bits per heavy atom. The number of aliphatic hydroxyl groups is 1. The Bertz CT molecular complexity index is 490. The molecule has 1 amide bonds. The number of nitrogens with one attached hydrogen (secondary N) is 1. The molecule has 1 heterocycles. The molecular formula is C17H31N3O2. The average Bonchev–Trinajstić information content (AvgIpc) is 2.87. The summed E-state index contributed by atoms with van der Waals surface area (Å²) in [5.74, 6) is -0.104. The van der Waals surface area contributed by atoms with Crippen molar-refractivity contribution in [2.75, 3.05) is 6.54 Å². The van der Waals surface area contributed by atoms with Gasteiger partial charge in [0, 0.05) is 12.2 Å². The van der Waals surface area contributed by atoms with Crippen LogP contribution in [0.15, 0.2) is 6.07 Å². The van der Waals surface area contributed by atoms with Gasteiger partial charge in [-0.05, 0) is 38.7 Å². The van der Waals surface area contributed by atoms with E-state index in [-0.39, 0.29) is 18.4 Å². The fourth-order valence-corrected chi connectivity index (χ4v) is 2.57. The monoisotopic (exact) mass is 309 g/mol. The molecule has 5 heteroatoms. The number of nitrogens with zero attached hydrogens (tertiary/aromatic N) is 2. The first-order valence-electron chi connectivity index (χ1n) is 8.33. The smallest absolute Gasteiger partial charge is 0.271 e. The summed E-state index contributed by atoms with van der Waals surface area (Å²) >= 11 is 0. The van der Waals surface area contributed by atoms with Crippen molar-refractivity contribution >= 4 is 5.91 Å². The van der Waals surface area contributed by atoms with Crippen LogP contribution >= 0.6 is 0 Å². The van der Waals surface area contributed by atoms with Crippen LogP contribution < -0.4 is 5.32 Å².